The molecule has 0 amide bonds. The number of halogens is 1. The van der Waals surface area contributed by atoms with Crippen molar-refractivity contribution in [2.75, 3.05) is 0 Å². The number of benzene rings is 1. The SMILES string of the molecule is CC(=O)c1ccc(Sc2cc(C(=O)O)ccc2F)cn1. The lowest BCUT2D eigenvalue weighted by atomic mass is 10.2. The van der Waals surface area contributed by atoms with E-state index >= 15 is 0 Å². The van der Waals surface area contributed by atoms with Gasteiger partial charge in [0.1, 0.15) is 11.5 Å². The first-order valence-electron chi connectivity index (χ1n) is 5.65. The summed E-state index contributed by atoms with van der Waals surface area (Å²) in [5.41, 5.74) is 0.344. The van der Waals surface area contributed by atoms with Gasteiger partial charge in [-0.15, -0.1) is 0 Å². The van der Waals surface area contributed by atoms with Gasteiger partial charge < -0.3 is 5.11 Å². The van der Waals surface area contributed by atoms with Gasteiger partial charge in [-0.25, -0.2) is 9.18 Å². The Morgan fingerprint density at radius 3 is 2.55 bits per heavy atom. The second-order valence-corrected chi connectivity index (χ2v) is 5.10. The molecule has 0 fully saturated rings. The third kappa shape index (κ3) is 3.21. The standard InChI is InChI=1S/C14H10FNO3S/c1-8(17)12-5-3-10(7-16-12)20-13-6-9(14(18)19)2-4-11(13)15/h2-7H,1H3,(H,18,19). The lowest BCUT2D eigenvalue weighted by molar-refractivity contribution is 0.0696. The molecule has 1 N–H and O–H groups in total. The van der Waals surface area contributed by atoms with Crippen molar-refractivity contribution in [2.45, 2.75) is 16.7 Å². The summed E-state index contributed by atoms with van der Waals surface area (Å²) in [6.45, 7) is 1.41. The van der Waals surface area contributed by atoms with Crippen molar-refractivity contribution in [3.63, 3.8) is 0 Å². The van der Waals surface area contributed by atoms with Crippen LogP contribution in [0.1, 0.15) is 27.8 Å². The first-order valence-corrected chi connectivity index (χ1v) is 6.46. The molecule has 0 saturated heterocycles. The first-order chi connectivity index (χ1) is 9.47. The number of pyridine rings is 1. The van der Waals surface area contributed by atoms with E-state index in [1.165, 1.54) is 25.3 Å². The molecule has 0 unspecified atom stereocenters. The fourth-order valence-electron chi connectivity index (χ4n) is 1.49. The average Bonchev–Trinajstić information content (AvgIpc) is 2.41. The predicted molar refractivity (Wildman–Crippen MR) is 71.7 cm³/mol. The van der Waals surface area contributed by atoms with E-state index in [9.17, 15) is 14.0 Å². The van der Waals surface area contributed by atoms with Crippen LogP contribution in [0.5, 0.6) is 0 Å². The normalized spacial score (nSPS) is 10.3. The van der Waals surface area contributed by atoms with Gasteiger partial charge in [-0.2, -0.15) is 0 Å². The second-order valence-electron chi connectivity index (χ2n) is 3.99. The Morgan fingerprint density at radius 1 is 1.25 bits per heavy atom. The van der Waals surface area contributed by atoms with Crippen LogP contribution in [0.2, 0.25) is 0 Å². The van der Waals surface area contributed by atoms with Crippen LogP contribution in [0, 0.1) is 5.82 Å². The zero-order valence-electron chi connectivity index (χ0n) is 10.5. The summed E-state index contributed by atoms with van der Waals surface area (Å²) < 4.78 is 13.6. The highest BCUT2D eigenvalue weighted by Gasteiger charge is 2.10. The number of Topliss-reactive ketones (excluding diaryl/α,β-unsaturated/α-hetero) is 1. The number of carboxylic acid groups (broad SMARTS) is 1. The number of ketones is 1. The molecular weight excluding hydrogens is 281 g/mol. The number of rotatable bonds is 4. The van der Waals surface area contributed by atoms with Gasteiger partial charge in [0.05, 0.1) is 5.56 Å². The first kappa shape index (κ1) is 14.2. The van der Waals surface area contributed by atoms with E-state index in [1.807, 2.05) is 0 Å². The third-order valence-electron chi connectivity index (χ3n) is 2.50. The molecule has 0 aliphatic rings. The largest absolute Gasteiger partial charge is 0.478 e. The molecule has 2 rings (SSSR count). The Kier molecular flexibility index (Phi) is 4.14. The molecule has 1 aromatic carbocycles. The topological polar surface area (TPSA) is 67.3 Å². The molecule has 2 aromatic rings. The van der Waals surface area contributed by atoms with Crippen molar-refractivity contribution < 1.29 is 19.1 Å². The maximum atomic E-state index is 13.6. The highest BCUT2D eigenvalue weighted by atomic mass is 32.2. The van der Waals surface area contributed by atoms with Crippen LogP contribution in [-0.4, -0.2) is 21.8 Å². The van der Waals surface area contributed by atoms with Crippen molar-refractivity contribution in [1.82, 2.24) is 4.98 Å². The summed E-state index contributed by atoms with van der Waals surface area (Å²) in [5, 5.41) is 8.88. The van der Waals surface area contributed by atoms with E-state index in [1.54, 1.807) is 12.1 Å². The number of aromatic carboxylic acids is 1. The van der Waals surface area contributed by atoms with Gasteiger partial charge >= 0.3 is 5.97 Å². The van der Waals surface area contributed by atoms with Crippen molar-refractivity contribution in [3.05, 3.63) is 53.6 Å². The fourth-order valence-corrected chi connectivity index (χ4v) is 2.34. The minimum absolute atomic E-state index is 0.0159. The van der Waals surface area contributed by atoms with Gasteiger partial charge in [0.15, 0.2) is 5.78 Å². The minimum Gasteiger partial charge on any atom is -0.478 e. The second kappa shape index (κ2) is 5.83. The van der Waals surface area contributed by atoms with Crippen LogP contribution >= 0.6 is 11.8 Å². The minimum atomic E-state index is -1.11. The summed E-state index contributed by atoms with van der Waals surface area (Å²) in [6, 6.07) is 6.77. The molecule has 0 aliphatic carbocycles. The predicted octanol–water partition coefficient (Wildman–Crippen LogP) is 3.27. The van der Waals surface area contributed by atoms with Gasteiger partial charge in [-0.05, 0) is 30.3 Å². The fraction of sp³-hybridized carbons (Fsp3) is 0.0714. The average molecular weight is 291 g/mol. The van der Waals surface area contributed by atoms with Gasteiger partial charge in [0.2, 0.25) is 0 Å². The van der Waals surface area contributed by atoms with Crippen molar-refractivity contribution >= 4 is 23.5 Å². The van der Waals surface area contributed by atoms with E-state index in [0.29, 0.717) is 10.6 Å². The maximum Gasteiger partial charge on any atom is 0.335 e. The molecule has 0 saturated carbocycles. The molecule has 0 spiro atoms. The Balaban J connectivity index is 2.27. The van der Waals surface area contributed by atoms with Crippen LogP contribution in [0.15, 0.2) is 46.3 Å². The summed E-state index contributed by atoms with van der Waals surface area (Å²) in [6.07, 6.45) is 1.45. The number of aromatic nitrogens is 1. The zero-order valence-corrected chi connectivity index (χ0v) is 11.3. The lowest BCUT2D eigenvalue weighted by Crippen LogP contribution is -1.97. The lowest BCUT2D eigenvalue weighted by Gasteiger charge is -2.05. The molecular formula is C14H10FNO3S. The molecule has 102 valence electrons. The van der Waals surface area contributed by atoms with Crippen LogP contribution in [0.4, 0.5) is 4.39 Å². The van der Waals surface area contributed by atoms with Gasteiger partial charge in [0, 0.05) is 22.9 Å². The third-order valence-corrected chi connectivity index (χ3v) is 3.51. The monoisotopic (exact) mass is 291 g/mol. The molecule has 1 heterocycles. The van der Waals surface area contributed by atoms with Gasteiger partial charge in [-0.3, -0.25) is 9.78 Å². The highest BCUT2D eigenvalue weighted by molar-refractivity contribution is 7.99. The number of carbonyl (C=O) groups excluding carboxylic acids is 1. The summed E-state index contributed by atoms with van der Waals surface area (Å²) in [7, 11) is 0. The van der Waals surface area contributed by atoms with Crippen LogP contribution in [-0.2, 0) is 0 Å². The quantitative estimate of drug-likeness (QED) is 0.876. The van der Waals surface area contributed by atoms with Gasteiger partial charge in [0.25, 0.3) is 0 Å². The van der Waals surface area contributed by atoms with Crippen molar-refractivity contribution in [3.8, 4) is 0 Å². The van der Waals surface area contributed by atoms with E-state index in [2.05, 4.69) is 4.98 Å². The smallest absolute Gasteiger partial charge is 0.335 e. The summed E-state index contributed by atoms with van der Waals surface area (Å²) in [4.78, 5) is 26.7. The molecule has 0 radical (unpaired) electrons. The van der Waals surface area contributed by atoms with Crippen LogP contribution < -0.4 is 0 Å². The molecule has 0 bridgehead atoms. The summed E-state index contributed by atoms with van der Waals surface area (Å²) in [5.74, 6) is -1.77. The highest BCUT2D eigenvalue weighted by Crippen LogP contribution is 2.30. The number of nitrogens with zero attached hydrogens (tertiary/aromatic N) is 1. The molecule has 6 heteroatoms. The molecule has 0 atom stereocenters. The van der Waals surface area contributed by atoms with Crippen LogP contribution in [0.25, 0.3) is 0 Å². The Hall–Kier alpha value is -2.21. The number of hydrogen-bond acceptors (Lipinski definition) is 4. The van der Waals surface area contributed by atoms with E-state index in [0.717, 1.165) is 17.8 Å². The number of carbonyl (C=O) groups is 2. The van der Waals surface area contributed by atoms with Crippen molar-refractivity contribution in [1.29, 1.82) is 0 Å². The van der Waals surface area contributed by atoms with Crippen molar-refractivity contribution in [2.24, 2.45) is 0 Å². The molecule has 4 nitrogen and oxygen atoms in total. The molecule has 1 aromatic heterocycles. The Bertz CT molecular complexity index is 671. The zero-order chi connectivity index (χ0) is 14.7. The maximum absolute atomic E-state index is 13.6. The van der Waals surface area contributed by atoms with E-state index < -0.39 is 11.8 Å². The number of hydrogen-bond donors (Lipinski definition) is 1. The molecule has 0 aliphatic heterocycles. The molecule has 20 heavy (non-hydrogen) atoms. The van der Waals surface area contributed by atoms with E-state index in [-0.39, 0.29) is 16.2 Å². The number of carboxylic acids is 1. The van der Waals surface area contributed by atoms with E-state index in [4.69, 9.17) is 5.11 Å². The Morgan fingerprint density at radius 2 is 2.00 bits per heavy atom. The van der Waals surface area contributed by atoms with Gasteiger partial charge in [-0.1, -0.05) is 11.8 Å². The summed E-state index contributed by atoms with van der Waals surface area (Å²) >= 11 is 1.05. The Labute approximate surface area is 118 Å². The van der Waals surface area contributed by atoms with Crippen LogP contribution in [0.3, 0.4) is 0 Å².